The molecule has 0 bridgehead atoms. The second kappa shape index (κ2) is 7.47. The maximum absolute atomic E-state index is 13.6. The molecule has 1 atom stereocenters. The molecule has 0 aromatic heterocycles. The SMILES string of the molecule is CCC(N)c1cc(F)cc(Cl)c1COc1ccc(OC)cc1. The molecule has 3 nitrogen and oxygen atoms in total. The van der Waals surface area contributed by atoms with Gasteiger partial charge in [0.25, 0.3) is 0 Å². The lowest BCUT2D eigenvalue weighted by molar-refractivity contribution is 0.303. The van der Waals surface area contributed by atoms with Gasteiger partial charge in [-0.05, 0) is 48.4 Å². The van der Waals surface area contributed by atoms with Crippen LogP contribution < -0.4 is 15.2 Å². The molecule has 2 aromatic rings. The normalized spacial score (nSPS) is 12.0. The highest BCUT2D eigenvalue weighted by Crippen LogP contribution is 2.29. The van der Waals surface area contributed by atoms with Crippen molar-refractivity contribution in [2.75, 3.05) is 7.11 Å². The second-order valence-corrected chi connectivity index (χ2v) is 5.34. The Labute approximate surface area is 134 Å². The average Bonchev–Trinajstić information content (AvgIpc) is 2.53. The van der Waals surface area contributed by atoms with Crippen LogP contribution in [0.3, 0.4) is 0 Å². The standard InChI is InChI=1S/C17H19ClFNO2/c1-3-17(20)14-8-11(19)9-16(18)15(14)10-22-13-6-4-12(21-2)5-7-13/h4-9,17H,3,10,20H2,1-2H3. The van der Waals surface area contributed by atoms with E-state index in [0.717, 1.165) is 5.75 Å². The summed E-state index contributed by atoms with van der Waals surface area (Å²) in [7, 11) is 1.60. The number of methoxy groups -OCH3 is 1. The Morgan fingerprint density at radius 2 is 1.82 bits per heavy atom. The highest BCUT2D eigenvalue weighted by molar-refractivity contribution is 6.31. The van der Waals surface area contributed by atoms with E-state index < -0.39 is 5.82 Å². The van der Waals surface area contributed by atoms with E-state index in [1.54, 1.807) is 31.4 Å². The number of halogens is 2. The highest BCUT2D eigenvalue weighted by Gasteiger charge is 2.15. The van der Waals surface area contributed by atoms with Crippen molar-refractivity contribution in [2.45, 2.75) is 26.0 Å². The second-order valence-electron chi connectivity index (χ2n) is 4.93. The molecular formula is C17H19ClFNO2. The van der Waals surface area contributed by atoms with Crippen molar-refractivity contribution in [2.24, 2.45) is 5.73 Å². The van der Waals surface area contributed by atoms with Crippen molar-refractivity contribution >= 4 is 11.6 Å². The number of benzene rings is 2. The molecule has 1 unspecified atom stereocenters. The smallest absolute Gasteiger partial charge is 0.125 e. The first-order valence-corrected chi connectivity index (χ1v) is 7.43. The van der Waals surface area contributed by atoms with Crippen LogP contribution in [0, 0.1) is 5.82 Å². The molecule has 2 rings (SSSR count). The van der Waals surface area contributed by atoms with Gasteiger partial charge in [-0.3, -0.25) is 0 Å². The van der Waals surface area contributed by atoms with Gasteiger partial charge >= 0.3 is 0 Å². The summed E-state index contributed by atoms with van der Waals surface area (Å²) in [6, 6.07) is 9.64. The van der Waals surface area contributed by atoms with E-state index in [2.05, 4.69) is 0 Å². The number of ether oxygens (including phenoxy) is 2. The Balaban J connectivity index is 2.20. The summed E-state index contributed by atoms with van der Waals surface area (Å²) in [6.07, 6.45) is 0.690. The van der Waals surface area contributed by atoms with Crippen LogP contribution in [0.5, 0.6) is 11.5 Å². The van der Waals surface area contributed by atoms with Gasteiger partial charge in [-0.25, -0.2) is 4.39 Å². The minimum atomic E-state index is -0.392. The van der Waals surface area contributed by atoms with Crippen molar-refractivity contribution in [3.05, 3.63) is 58.4 Å². The lowest BCUT2D eigenvalue weighted by Gasteiger charge is -2.17. The molecule has 2 N–H and O–H groups in total. The maximum Gasteiger partial charge on any atom is 0.125 e. The maximum atomic E-state index is 13.6. The zero-order valence-electron chi connectivity index (χ0n) is 12.6. The highest BCUT2D eigenvalue weighted by atomic mass is 35.5. The molecule has 22 heavy (non-hydrogen) atoms. The minimum absolute atomic E-state index is 0.231. The summed E-state index contributed by atoms with van der Waals surface area (Å²) in [5, 5.41) is 0.326. The monoisotopic (exact) mass is 323 g/mol. The predicted octanol–water partition coefficient (Wildman–Crippen LogP) is 4.48. The molecule has 0 amide bonds. The van der Waals surface area contributed by atoms with Gasteiger partial charge in [0.1, 0.15) is 23.9 Å². The van der Waals surface area contributed by atoms with Crippen LogP contribution >= 0.6 is 11.6 Å². The van der Waals surface area contributed by atoms with Crippen LogP contribution in [0.15, 0.2) is 36.4 Å². The number of nitrogens with two attached hydrogens (primary N) is 1. The third-order valence-electron chi connectivity index (χ3n) is 3.48. The van der Waals surface area contributed by atoms with Gasteiger partial charge in [-0.1, -0.05) is 18.5 Å². The first-order valence-electron chi connectivity index (χ1n) is 7.05. The van der Waals surface area contributed by atoms with Crippen molar-refractivity contribution in [3.63, 3.8) is 0 Å². The average molecular weight is 324 g/mol. The van der Waals surface area contributed by atoms with Gasteiger partial charge in [0.15, 0.2) is 0 Å². The first kappa shape index (κ1) is 16.6. The Morgan fingerprint density at radius 3 is 2.41 bits per heavy atom. The largest absolute Gasteiger partial charge is 0.497 e. The van der Waals surface area contributed by atoms with E-state index in [9.17, 15) is 4.39 Å². The van der Waals surface area contributed by atoms with Crippen LogP contribution in [-0.4, -0.2) is 7.11 Å². The Hall–Kier alpha value is -1.78. The third kappa shape index (κ3) is 3.90. The molecule has 0 aliphatic carbocycles. The first-order chi connectivity index (χ1) is 10.5. The van der Waals surface area contributed by atoms with E-state index in [-0.39, 0.29) is 12.6 Å². The molecule has 0 heterocycles. The minimum Gasteiger partial charge on any atom is -0.497 e. The summed E-state index contributed by atoms with van der Waals surface area (Å²) >= 11 is 6.15. The van der Waals surface area contributed by atoms with Gasteiger partial charge < -0.3 is 15.2 Å². The Bertz CT molecular complexity index is 631. The fourth-order valence-corrected chi connectivity index (χ4v) is 2.42. The van der Waals surface area contributed by atoms with E-state index in [1.165, 1.54) is 12.1 Å². The van der Waals surface area contributed by atoms with Crippen LogP contribution in [0.1, 0.15) is 30.5 Å². The van der Waals surface area contributed by atoms with Crippen molar-refractivity contribution < 1.29 is 13.9 Å². The van der Waals surface area contributed by atoms with Gasteiger partial charge in [0, 0.05) is 11.6 Å². The summed E-state index contributed by atoms with van der Waals surface area (Å²) in [4.78, 5) is 0. The van der Waals surface area contributed by atoms with Gasteiger partial charge in [-0.15, -0.1) is 0 Å². The van der Waals surface area contributed by atoms with Crippen LogP contribution in [0.2, 0.25) is 5.02 Å². The van der Waals surface area contributed by atoms with Crippen molar-refractivity contribution in [3.8, 4) is 11.5 Å². The number of hydrogen-bond donors (Lipinski definition) is 1. The van der Waals surface area contributed by atoms with Crippen molar-refractivity contribution in [1.29, 1.82) is 0 Å². The fraction of sp³-hybridized carbons (Fsp3) is 0.294. The molecule has 5 heteroatoms. The lowest BCUT2D eigenvalue weighted by atomic mass is 9.99. The molecule has 118 valence electrons. The molecule has 0 saturated carbocycles. The molecule has 0 spiro atoms. The zero-order chi connectivity index (χ0) is 16.1. The topological polar surface area (TPSA) is 44.5 Å². The molecule has 2 aromatic carbocycles. The molecular weight excluding hydrogens is 305 g/mol. The summed E-state index contributed by atoms with van der Waals surface area (Å²) in [5.74, 6) is 1.04. The van der Waals surface area contributed by atoms with Gasteiger partial charge in [0.05, 0.1) is 12.1 Å². The molecule has 0 aliphatic rings. The Morgan fingerprint density at radius 1 is 1.18 bits per heavy atom. The quantitative estimate of drug-likeness (QED) is 0.852. The molecule has 0 saturated heterocycles. The van der Waals surface area contributed by atoms with E-state index in [4.69, 9.17) is 26.8 Å². The van der Waals surface area contributed by atoms with Gasteiger partial charge in [0.2, 0.25) is 0 Å². The summed E-state index contributed by atoms with van der Waals surface area (Å²) < 4.78 is 24.4. The molecule has 0 radical (unpaired) electrons. The van der Waals surface area contributed by atoms with Crippen LogP contribution in [0.4, 0.5) is 4.39 Å². The molecule has 0 aliphatic heterocycles. The van der Waals surface area contributed by atoms with Crippen LogP contribution in [-0.2, 0) is 6.61 Å². The zero-order valence-corrected chi connectivity index (χ0v) is 13.4. The van der Waals surface area contributed by atoms with Gasteiger partial charge in [-0.2, -0.15) is 0 Å². The predicted molar refractivity (Wildman–Crippen MR) is 86.0 cm³/mol. The summed E-state index contributed by atoms with van der Waals surface area (Å²) in [6.45, 7) is 2.17. The number of rotatable bonds is 6. The van der Waals surface area contributed by atoms with E-state index >= 15 is 0 Å². The number of hydrogen-bond acceptors (Lipinski definition) is 3. The third-order valence-corrected chi connectivity index (χ3v) is 3.81. The van der Waals surface area contributed by atoms with Crippen LogP contribution in [0.25, 0.3) is 0 Å². The summed E-state index contributed by atoms with van der Waals surface area (Å²) in [5.41, 5.74) is 7.44. The lowest BCUT2D eigenvalue weighted by Crippen LogP contribution is -2.13. The molecule has 0 fully saturated rings. The van der Waals surface area contributed by atoms with E-state index in [0.29, 0.717) is 28.3 Å². The van der Waals surface area contributed by atoms with Crippen molar-refractivity contribution in [1.82, 2.24) is 0 Å². The fourth-order valence-electron chi connectivity index (χ4n) is 2.15. The van der Waals surface area contributed by atoms with E-state index in [1.807, 2.05) is 6.92 Å². The Kier molecular flexibility index (Phi) is 5.63.